The van der Waals surface area contributed by atoms with Crippen molar-refractivity contribution in [1.29, 1.82) is 0 Å². The smallest absolute Gasteiger partial charge is 0.343 e. The van der Waals surface area contributed by atoms with Gasteiger partial charge in [-0.1, -0.05) is 38.7 Å². The molecule has 0 unspecified atom stereocenters. The summed E-state index contributed by atoms with van der Waals surface area (Å²) in [7, 11) is 0. The first-order valence-corrected chi connectivity index (χ1v) is 11.5. The SMILES string of the molecule is C=CCCCCCCOc1ccc(C(=O)Oc2ccc(C(=O)OCCCCC)cc2)cc1. The van der Waals surface area contributed by atoms with E-state index < -0.39 is 5.97 Å². The summed E-state index contributed by atoms with van der Waals surface area (Å²) < 4.78 is 16.3. The number of esters is 2. The molecule has 0 fully saturated rings. The Balaban J connectivity index is 1.75. The predicted octanol–water partition coefficient (Wildman–Crippen LogP) is 6.77. The van der Waals surface area contributed by atoms with Crippen molar-refractivity contribution in [3.8, 4) is 11.5 Å². The van der Waals surface area contributed by atoms with Crippen LogP contribution in [0.3, 0.4) is 0 Å². The second kappa shape index (κ2) is 14.8. The number of allylic oxidation sites excluding steroid dienone is 1. The lowest BCUT2D eigenvalue weighted by molar-refractivity contribution is 0.0498. The molecule has 0 aliphatic rings. The maximum absolute atomic E-state index is 12.4. The second-order valence-electron chi connectivity index (χ2n) is 7.62. The molecular formula is C27H34O5. The molecule has 2 rings (SSSR count). The molecule has 172 valence electrons. The molecule has 0 aliphatic heterocycles. The second-order valence-corrected chi connectivity index (χ2v) is 7.62. The third kappa shape index (κ3) is 9.38. The molecule has 0 bridgehead atoms. The van der Waals surface area contributed by atoms with Gasteiger partial charge in [0.05, 0.1) is 24.3 Å². The van der Waals surface area contributed by atoms with E-state index in [1.165, 1.54) is 12.8 Å². The lowest BCUT2D eigenvalue weighted by Crippen LogP contribution is -2.09. The quantitative estimate of drug-likeness (QED) is 0.133. The van der Waals surface area contributed by atoms with Crippen LogP contribution in [0.25, 0.3) is 0 Å². The molecule has 5 nitrogen and oxygen atoms in total. The summed E-state index contributed by atoms with van der Waals surface area (Å²) in [5, 5.41) is 0. The van der Waals surface area contributed by atoms with E-state index in [4.69, 9.17) is 14.2 Å². The minimum Gasteiger partial charge on any atom is -0.494 e. The van der Waals surface area contributed by atoms with Crippen LogP contribution >= 0.6 is 0 Å². The number of hydrogen-bond acceptors (Lipinski definition) is 5. The van der Waals surface area contributed by atoms with Crippen LogP contribution in [0.4, 0.5) is 0 Å². The highest BCUT2D eigenvalue weighted by atomic mass is 16.5. The molecule has 2 aromatic carbocycles. The van der Waals surface area contributed by atoms with Gasteiger partial charge in [0.1, 0.15) is 11.5 Å². The van der Waals surface area contributed by atoms with Crippen molar-refractivity contribution in [2.75, 3.05) is 13.2 Å². The van der Waals surface area contributed by atoms with Crippen LogP contribution in [0.5, 0.6) is 11.5 Å². The highest BCUT2D eigenvalue weighted by Gasteiger charge is 2.11. The summed E-state index contributed by atoms with van der Waals surface area (Å²) >= 11 is 0. The first-order valence-electron chi connectivity index (χ1n) is 11.5. The van der Waals surface area contributed by atoms with Gasteiger partial charge in [-0.25, -0.2) is 9.59 Å². The highest BCUT2D eigenvalue weighted by molar-refractivity contribution is 5.92. The third-order valence-electron chi connectivity index (χ3n) is 4.94. The lowest BCUT2D eigenvalue weighted by Gasteiger charge is -2.08. The van der Waals surface area contributed by atoms with Gasteiger partial charge in [0.25, 0.3) is 0 Å². The zero-order valence-corrected chi connectivity index (χ0v) is 19.0. The Morgan fingerprint density at radius 1 is 0.750 bits per heavy atom. The molecule has 0 radical (unpaired) electrons. The normalized spacial score (nSPS) is 10.4. The lowest BCUT2D eigenvalue weighted by atomic mass is 10.1. The number of hydrogen-bond donors (Lipinski definition) is 0. The van der Waals surface area contributed by atoms with Gasteiger partial charge in [0, 0.05) is 0 Å². The van der Waals surface area contributed by atoms with Gasteiger partial charge < -0.3 is 14.2 Å². The molecule has 0 aliphatic carbocycles. The Bertz CT molecular complexity index is 824. The highest BCUT2D eigenvalue weighted by Crippen LogP contribution is 2.18. The Labute approximate surface area is 191 Å². The standard InChI is InChI=1S/C27H34O5/c1-3-5-7-8-9-11-20-30-24-16-12-23(13-17-24)27(29)32-25-18-14-22(15-19-25)26(28)31-21-10-6-4-2/h3,12-19H,1,4-11,20-21H2,2H3. The molecular weight excluding hydrogens is 404 g/mol. The molecule has 0 heterocycles. The summed E-state index contributed by atoms with van der Waals surface area (Å²) in [5.74, 6) is 0.267. The van der Waals surface area contributed by atoms with E-state index in [0.29, 0.717) is 30.1 Å². The Morgan fingerprint density at radius 3 is 2.00 bits per heavy atom. The van der Waals surface area contributed by atoms with E-state index in [9.17, 15) is 9.59 Å². The van der Waals surface area contributed by atoms with Gasteiger partial charge >= 0.3 is 11.9 Å². The molecule has 5 heteroatoms. The fourth-order valence-corrected chi connectivity index (χ4v) is 3.05. The molecule has 0 amide bonds. The van der Waals surface area contributed by atoms with Crippen molar-refractivity contribution in [3.05, 3.63) is 72.3 Å². The third-order valence-corrected chi connectivity index (χ3v) is 4.94. The summed E-state index contributed by atoms with van der Waals surface area (Å²) in [5.41, 5.74) is 0.865. The van der Waals surface area contributed by atoms with E-state index >= 15 is 0 Å². The Morgan fingerprint density at radius 2 is 1.34 bits per heavy atom. The monoisotopic (exact) mass is 438 g/mol. The largest absolute Gasteiger partial charge is 0.494 e. The zero-order valence-electron chi connectivity index (χ0n) is 19.0. The first-order chi connectivity index (χ1) is 15.6. The van der Waals surface area contributed by atoms with Crippen LogP contribution in [-0.4, -0.2) is 25.2 Å². The molecule has 0 spiro atoms. The van der Waals surface area contributed by atoms with Crippen molar-refractivity contribution in [3.63, 3.8) is 0 Å². The fraction of sp³-hybridized carbons (Fsp3) is 0.407. The Kier molecular flexibility index (Phi) is 11.7. The average molecular weight is 439 g/mol. The van der Waals surface area contributed by atoms with Gasteiger partial charge in [-0.3, -0.25) is 0 Å². The summed E-state index contributed by atoms with van der Waals surface area (Å²) in [6.45, 7) is 6.90. The minimum absolute atomic E-state index is 0.369. The fourth-order valence-electron chi connectivity index (χ4n) is 3.05. The molecule has 0 N–H and O–H groups in total. The number of unbranched alkanes of at least 4 members (excludes halogenated alkanes) is 6. The molecule has 2 aromatic rings. The molecule has 0 saturated carbocycles. The van der Waals surface area contributed by atoms with E-state index in [-0.39, 0.29) is 5.97 Å². The maximum atomic E-state index is 12.4. The van der Waals surface area contributed by atoms with Gasteiger partial charge in [0.15, 0.2) is 0 Å². The first kappa shape index (κ1) is 25.2. The van der Waals surface area contributed by atoms with Gasteiger partial charge in [-0.15, -0.1) is 6.58 Å². The average Bonchev–Trinajstić information content (AvgIpc) is 2.82. The molecule has 32 heavy (non-hydrogen) atoms. The van der Waals surface area contributed by atoms with Gasteiger partial charge in [0.2, 0.25) is 0 Å². The summed E-state index contributed by atoms with van der Waals surface area (Å²) in [4.78, 5) is 24.4. The van der Waals surface area contributed by atoms with Gasteiger partial charge in [-0.2, -0.15) is 0 Å². The number of carbonyl (C=O) groups is 2. The van der Waals surface area contributed by atoms with Crippen molar-refractivity contribution in [2.45, 2.75) is 58.3 Å². The number of rotatable bonds is 15. The van der Waals surface area contributed by atoms with Crippen molar-refractivity contribution in [2.24, 2.45) is 0 Å². The zero-order chi connectivity index (χ0) is 23.0. The Hall–Kier alpha value is -3.08. The van der Waals surface area contributed by atoms with Crippen molar-refractivity contribution >= 4 is 11.9 Å². The topological polar surface area (TPSA) is 61.8 Å². The van der Waals surface area contributed by atoms with Crippen LogP contribution in [0.15, 0.2) is 61.2 Å². The minimum atomic E-state index is -0.464. The van der Waals surface area contributed by atoms with Crippen LogP contribution < -0.4 is 9.47 Å². The van der Waals surface area contributed by atoms with E-state index in [1.54, 1.807) is 48.5 Å². The maximum Gasteiger partial charge on any atom is 0.343 e. The number of ether oxygens (including phenoxy) is 3. The summed E-state index contributed by atoms with van der Waals surface area (Å²) in [6.07, 6.45) is 10.5. The van der Waals surface area contributed by atoms with Crippen LogP contribution in [0, 0.1) is 0 Å². The van der Waals surface area contributed by atoms with Crippen LogP contribution in [0.1, 0.15) is 79.0 Å². The predicted molar refractivity (Wildman–Crippen MR) is 126 cm³/mol. The number of benzene rings is 2. The molecule has 0 atom stereocenters. The summed E-state index contributed by atoms with van der Waals surface area (Å²) in [6, 6.07) is 13.3. The molecule has 0 aromatic heterocycles. The van der Waals surface area contributed by atoms with Crippen LogP contribution in [-0.2, 0) is 4.74 Å². The van der Waals surface area contributed by atoms with Crippen molar-refractivity contribution < 1.29 is 23.8 Å². The van der Waals surface area contributed by atoms with E-state index in [1.807, 2.05) is 6.08 Å². The van der Waals surface area contributed by atoms with Gasteiger partial charge in [-0.05, 0) is 74.2 Å². The van der Waals surface area contributed by atoms with Crippen LogP contribution in [0.2, 0.25) is 0 Å². The van der Waals surface area contributed by atoms with Crippen molar-refractivity contribution in [1.82, 2.24) is 0 Å². The number of carbonyl (C=O) groups excluding carboxylic acids is 2. The van der Waals surface area contributed by atoms with E-state index in [0.717, 1.165) is 44.3 Å². The molecule has 0 saturated heterocycles. The van der Waals surface area contributed by atoms with E-state index in [2.05, 4.69) is 13.5 Å².